The minimum absolute atomic E-state index is 0.0288. The number of hydrogen-bond donors (Lipinski definition) is 6. The monoisotopic (exact) mass is 554 g/mol. The molecule has 0 heterocycles. The third-order valence-electron chi connectivity index (χ3n) is 6.14. The molecule has 0 aromatic heterocycles. The van der Waals surface area contributed by atoms with Crippen molar-refractivity contribution in [3.8, 4) is 5.75 Å². The normalized spacial score (nSPS) is 15.5. The van der Waals surface area contributed by atoms with Gasteiger partial charge >= 0.3 is 0 Å². The van der Waals surface area contributed by atoms with E-state index in [0.717, 1.165) is 17.6 Å². The number of ether oxygens (including phenoxy) is 1. The van der Waals surface area contributed by atoms with Gasteiger partial charge in [-0.3, -0.25) is 14.4 Å². The average Bonchev–Trinajstić information content (AvgIpc) is 2.94. The first-order chi connectivity index (χ1) is 19.2. The summed E-state index contributed by atoms with van der Waals surface area (Å²) >= 11 is 0. The summed E-state index contributed by atoms with van der Waals surface area (Å²) in [5.74, 6) is -0.244. The van der Waals surface area contributed by atoms with Crippen molar-refractivity contribution in [1.82, 2.24) is 16.0 Å². The van der Waals surface area contributed by atoms with Crippen LogP contribution in [0.3, 0.4) is 0 Å². The summed E-state index contributed by atoms with van der Waals surface area (Å²) in [4.78, 5) is 36.9. The van der Waals surface area contributed by atoms with Gasteiger partial charge in [0.25, 0.3) is 5.91 Å². The second kappa shape index (κ2) is 17.6. The van der Waals surface area contributed by atoms with Crippen LogP contribution in [-0.4, -0.2) is 66.8 Å². The van der Waals surface area contributed by atoms with Crippen LogP contribution < -0.4 is 21.7 Å². The molecule has 2 unspecified atom stereocenters. The molecule has 1 aliphatic carbocycles. The van der Waals surface area contributed by atoms with Crippen molar-refractivity contribution in [1.29, 1.82) is 0 Å². The molecule has 10 heteroatoms. The first-order valence-electron chi connectivity index (χ1n) is 13.6. The minimum atomic E-state index is -0.700. The third kappa shape index (κ3) is 12.3. The Bertz CT molecular complexity index is 1090. The molecule has 1 aliphatic rings. The molecule has 0 aliphatic heterocycles. The fraction of sp³-hybridized carbons (Fsp3) is 0.433. The molecule has 0 radical (unpaired) electrons. The van der Waals surface area contributed by atoms with Crippen molar-refractivity contribution < 1.29 is 29.3 Å². The number of phenolic OH excluding ortho intramolecular Hbond substituents is 1. The van der Waals surface area contributed by atoms with E-state index in [2.05, 4.69) is 41.6 Å². The van der Waals surface area contributed by atoms with Gasteiger partial charge in [-0.05, 0) is 67.4 Å². The Balaban J connectivity index is 1.82. The number of aliphatic hydroxyl groups is 1. The lowest BCUT2D eigenvalue weighted by atomic mass is 9.97. The van der Waals surface area contributed by atoms with Crippen LogP contribution >= 0.6 is 0 Å². The van der Waals surface area contributed by atoms with Gasteiger partial charge in [0.2, 0.25) is 11.8 Å². The largest absolute Gasteiger partial charge is 0.508 e. The molecule has 218 valence electrons. The highest BCUT2D eigenvalue weighted by molar-refractivity contribution is 5.98. The van der Waals surface area contributed by atoms with Gasteiger partial charge in [0.15, 0.2) is 0 Å². The zero-order valence-corrected chi connectivity index (χ0v) is 23.2. The number of amides is 3. The second-order valence-corrected chi connectivity index (χ2v) is 9.70. The zero-order valence-electron chi connectivity index (χ0n) is 23.2. The lowest BCUT2D eigenvalue weighted by molar-refractivity contribution is -0.124. The Morgan fingerprint density at radius 1 is 1.12 bits per heavy atom. The van der Waals surface area contributed by atoms with Crippen LogP contribution in [0.25, 0.3) is 0 Å². The van der Waals surface area contributed by atoms with E-state index >= 15 is 0 Å². The van der Waals surface area contributed by atoms with E-state index in [4.69, 9.17) is 15.6 Å². The van der Waals surface area contributed by atoms with Crippen LogP contribution in [0.1, 0.15) is 38.2 Å². The number of aliphatic hydroxyl groups excluding tert-OH is 1. The number of phenols is 1. The van der Waals surface area contributed by atoms with Crippen molar-refractivity contribution in [2.24, 2.45) is 11.7 Å². The summed E-state index contributed by atoms with van der Waals surface area (Å²) in [6.45, 7) is 6.78. The van der Waals surface area contributed by atoms with Gasteiger partial charge in [-0.1, -0.05) is 43.9 Å². The number of nitrogens with two attached hydrogens (primary N) is 1. The molecule has 1 aromatic carbocycles. The van der Waals surface area contributed by atoms with Gasteiger partial charge in [0.1, 0.15) is 11.5 Å². The van der Waals surface area contributed by atoms with Gasteiger partial charge in [-0.15, -0.1) is 0 Å². The molecule has 3 amide bonds. The predicted octanol–water partition coefficient (Wildman–Crippen LogP) is 1.75. The van der Waals surface area contributed by atoms with Crippen molar-refractivity contribution in [2.75, 3.05) is 32.8 Å². The minimum Gasteiger partial charge on any atom is -0.508 e. The van der Waals surface area contributed by atoms with Crippen LogP contribution in [0.5, 0.6) is 5.75 Å². The third-order valence-corrected chi connectivity index (χ3v) is 6.14. The first-order valence-corrected chi connectivity index (χ1v) is 13.6. The number of carbonyl (C=O) groups excluding carboxylic acids is 3. The molecule has 2 rings (SSSR count). The molecule has 1 aromatic rings. The maximum Gasteiger partial charge on any atom is 0.254 e. The van der Waals surface area contributed by atoms with Crippen LogP contribution in [0.4, 0.5) is 0 Å². The highest BCUT2D eigenvalue weighted by Crippen LogP contribution is 2.20. The lowest BCUT2D eigenvalue weighted by Crippen LogP contribution is -2.42. The maximum atomic E-state index is 12.7. The van der Waals surface area contributed by atoms with Crippen LogP contribution in [0.15, 0.2) is 72.1 Å². The molecule has 0 saturated heterocycles. The molecule has 7 N–H and O–H groups in total. The second-order valence-electron chi connectivity index (χ2n) is 9.70. The van der Waals surface area contributed by atoms with Crippen LogP contribution in [-0.2, 0) is 25.5 Å². The summed E-state index contributed by atoms with van der Waals surface area (Å²) in [5, 5.41) is 26.2. The molecular formula is C30H42N4O6. The van der Waals surface area contributed by atoms with Crippen LogP contribution in [0.2, 0.25) is 0 Å². The van der Waals surface area contributed by atoms with E-state index in [1.54, 1.807) is 30.3 Å². The number of benzene rings is 1. The fourth-order valence-corrected chi connectivity index (χ4v) is 3.70. The Labute approximate surface area is 236 Å². The van der Waals surface area contributed by atoms with Crippen molar-refractivity contribution in [2.45, 2.75) is 45.1 Å². The quantitative estimate of drug-likeness (QED) is 0.0739. The number of unbranched alkanes of at least 4 members (excludes halogenated alkanes) is 1. The summed E-state index contributed by atoms with van der Waals surface area (Å²) < 4.78 is 5.92. The van der Waals surface area contributed by atoms with E-state index in [-0.39, 0.29) is 36.3 Å². The van der Waals surface area contributed by atoms with Crippen molar-refractivity contribution in [3.05, 3.63) is 77.6 Å². The summed E-state index contributed by atoms with van der Waals surface area (Å²) in [5.41, 5.74) is 7.86. The lowest BCUT2D eigenvalue weighted by Gasteiger charge is -2.16. The Morgan fingerprint density at radius 3 is 2.52 bits per heavy atom. The van der Waals surface area contributed by atoms with E-state index in [9.17, 15) is 19.5 Å². The summed E-state index contributed by atoms with van der Waals surface area (Å²) in [6.07, 6.45) is 10.8. The first kappa shape index (κ1) is 32.3. The van der Waals surface area contributed by atoms with E-state index in [0.29, 0.717) is 57.1 Å². The molecule has 40 heavy (non-hydrogen) atoms. The summed E-state index contributed by atoms with van der Waals surface area (Å²) in [7, 11) is 0. The smallest absolute Gasteiger partial charge is 0.254 e. The van der Waals surface area contributed by atoms with E-state index < -0.39 is 11.9 Å². The fourth-order valence-electron chi connectivity index (χ4n) is 3.70. The molecule has 0 spiro atoms. The number of carbonyl (C=O) groups is 3. The number of rotatable bonds is 17. The molecule has 0 fully saturated rings. The molecular weight excluding hydrogens is 512 g/mol. The Morgan fingerprint density at radius 2 is 1.85 bits per heavy atom. The zero-order chi connectivity index (χ0) is 29.3. The topological polar surface area (TPSA) is 163 Å². The standard InChI is InChI=1S/C30H42N4O6/c1-21-6-8-24(9-7-21)19-27(22(2)29(38)34-20-28(37)32-15-5-16-35)40-17-4-3-14-33-30(39)26(31)18-23-10-12-25(36)13-11-23/h6,8-13,19,21,26,35-36H,2-5,7,14-18,20,31H2,1H3,(H,32,37)(H,33,39)(H,34,38)/b27-19+. The highest BCUT2D eigenvalue weighted by atomic mass is 16.5. The van der Waals surface area contributed by atoms with Crippen molar-refractivity contribution in [3.63, 3.8) is 0 Å². The van der Waals surface area contributed by atoms with E-state index in [1.165, 1.54) is 0 Å². The Kier molecular flexibility index (Phi) is 14.3. The molecule has 10 nitrogen and oxygen atoms in total. The van der Waals surface area contributed by atoms with Crippen molar-refractivity contribution >= 4 is 17.7 Å². The SMILES string of the molecule is C=C(C(=O)NCC(=O)NCCCO)/C(=C\C1=CCC(C)C=C1)OCCCCNC(=O)C(N)Cc1ccc(O)cc1. The molecule has 0 saturated carbocycles. The predicted molar refractivity (Wildman–Crippen MR) is 154 cm³/mol. The van der Waals surface area contributed by atoms with Gasteiger partial charge in [-0.25, -0.2) is 0 Å². The van der Waals surface area contributed by atoms with Gasteiger partial charge in [0.05, 0.1) is 24.8 Å². The summed E-state index contributed by atoms with van der Waals surface area (Å²) in [6, 6.07) is 5.87. The van der Waals surface area contributed by atoms with Crippen LogP contribution in [0, 0.1) is 5.92 Å². The molecule has 0 bridgehead atoms. The van der Waals surface area contributed by atoms with Gasteiger partial charge in [0, 0.05) is 19.7 Å². The van der Waals surface area contributed by atoms with Gasteiger partial charge in [-0.2, -0.15) is 0 Å². The maximum absolute atomic E-state index is 12.7. The van der Waals surface area contributed by atoms with E-state index in [1.807, 2.05) is 6.08 Å². The Hall–Kier alpha value is -3.89. The number of nitrogens with one attached hydrogen (secondary N) is 3. The number of aromatic hydroxyl groups is 1. The average molecular weight is 555 g/mol. The highest BCUT2D eigenvalue weighted by Gasteiger charge is 2.17. The van der Waals surface area contributed by atoms with Gasteiger partial charge < -0.3 is 36.6 Å². The number of allylic oxidation sites excluding steroid dienone is 5. The molecule has 2 atom stereocenters. The number of hydrogen-bond acceptors (Lipinski definition) is 7.